The van der Waals surface area contributed by atoms with Crippen LogP contribution in [0.2, 0.25) is 0 Å². The van der Waals surface area contributed by atoms with Gasteiger partial charge in [-0.05, 0) is 72.8 Å². The summed E-state index contributed by atoms with van der Waals surface area (Å²) in [5, 5.41) is 3.04. The maximum Gasteiger partial charge on any atom is 0.254 e. The van der Waals surface area contributed by atoms with Crippen LogP contribution in [0.15, 0.2) is 65.6 Å². The molecule has 7 nitrogen and oxygen atoms in total. The molecule has 0 saturated carbocycles. The van der Waals surface area contributed by atoms with Crippen molar-refractivity contribution >= 4 is 29.3 Å². The fraction of sp³-hybridized carbons (Fsp3) is 0.286. The van der Waals surface area contributed by atoms with E-state index in [-0.39, 0.29) is 11.8 Å². The van der Waals surface area contributed by atoms with Gasteiger partial charge in [0.2, 0.25) is 5.91 Å². The molecule has 0 spiro atoms. The lowest BCUT2D eigenvalue weighted by molar-refractivity contribution is -0.119. The number of thioether (sulfide) groups is 1. The van der Waals surface area contributed by atoms with E-state index in [1.54, 1.807) is 48.0 Å². The molecule has 188 valence electrons. The van der Waals surface area contributed by atoms with Crippen LogP contribution in [0.1, 0.15) is 40.4 Å². The van der Waals surface area contributed by atoms with Crippen LogP contribution in [-0.2, 0) is 4.79 Å². The Bertz CT molecular complexity index is 1240. The third-order valence-electron chi connectivity index (χ3n) is 6.35. The van der Waals surface area contributed by atoms with Gasteiger partial charge in [-0.1, -0.05) is 12.1 Å². The Kier molecular flexibility index (Phi) is 7.74. The monoisotopic (exact) mass is 506 g/mol. The summed E-state index contributed by atoms with van der Waals surface area (Å²) in [6.07, 6.45) is 2.01. The molecule has 8 heteroatoms. The van der Waals surface area contributed by atoms with Crippen molar-refractivity contribution in [3.63, 3.8) is 0 Å². The minimum Gasteiger partial charge on any atom is -0.494 e. The third-order valence-corrected chi connectivity index (χ3v) is 7.09. The first-order valence-electron chi connectivity index (χ1n) is 11.6. The average molecular weight is 507 g/mol. The number of rotatable bonds is 8. The Morgan fingerprint density at radius 3 is 2.22 bits per heavy atom. The van der Waals surface area contributed by atoms with E-state index in [9.17, 15) is 9.59 Å². The van der Waals surface area contributed by atoms with Gasteiger partial charge in [-0.2, -0.15) is 0 Å². The van der Waals surface area contributed by atoms with Crippen LogP contribution >= 0.6 is 11.8 Å². The quantitative estimate of drug-likeness (QED) is 0.414. The molecule has 0 bridgehead atoms. The number of nitrogens with one attached hydrogen (secondary N) is 1. The Labute approximate surface area is 215 Å². The zero-order chi connectivity index (χ0) is 25.8. The molecule has 0 aliphatic carbocycles. The Balaban J connectivity index is 1.81. The van der Waals surface area contributed by atoms with E-state index in [1.807, 2.05) is 49.6 Å². The number of fused-ring (bicyclic) bond motifs is 1. The van der Waals surface area contributed by atoms with Crippen molar-refractivity contribution in [1.29, 1.82) is 0 Å². The smallest absolute Gasteiger partial charge is 0.254 e. The van der Waals surface area contributed by atoms with E-state index in [2.05, 4.69) is 5.32 Å². The van der Waals surface area contributed by atoms with E-state index in [4.69, 9.17) is 14.2 Å². The van der Waals surface area contributed by atoms with Gasteiger partial charge in [-0.15, -0.1) is 11.8 Å². The van der Waals surface area contributed by atoms with Gasteiger partial charge in [0, 0.05) is 23.2 Å². The van der Waals surface area contributed by atoms with Crippen LogP contribution in [0.4, 0.5) is 5.69 Å². The second-order valence-electron chi connectivity index (χ2n) is 8.35. The van der Waals surface area contributed by atoms with E-state index in [0.29, 0.717) is 34.9 Å². The number of anilines is 1. The molecule has 36 heavy (non-hydrogen) atoms. The van der Waals surface area contributed by atoms with Gasteiger partial charge in [0.25, 0.3) is 5.91 Å². The molecule has 0 fully saturated rings. The highest BCUT2D eigenvalue weighted by Crippen LogP contribution is 2.46. The van der Waals surface area contributed by atoms with Crippen molar-refractivity contribution in [3.05, 3.63) is 77.4 Å². The summed E-state index contributed by atoms with van der Waals surface area (Å²) in [5.41, 5.74) is 2.52. The Morgan fingerprint density at radius 1 is 1.00 bits per heavy atom. The summed E-state index contributed by atoms with van der Waals surface area (Å²) in [4.78, 5) is 30.1. The second-order valence-corrected chi connectivity index (χ2v) is 9.23. The van der Waals surface area contributed by atoms with E-state index < -0.39 is 12.0 Å². The van der Waals surface area contributed by atoms with Gasteiger partial charge < -0.3 is 24.4 Å². The molecular weight excluding hydrogens is 476 g/mol. The molecule has 4 rings (SSSR count). The zero-order valence-electron chi connectivity index (χ0n) is 21.0. The summed E-state index contributed by atoms with van der Waals surface area (Å²) in [5.74, 6) is 0.526. The average Bonchev–Trinajstić information content (AvgIpc) is 2.91. The predicted octanol–water partition coefficient (Wildman–Crippen LogP) is 5.37. The van der Waals surface area contributed by atoms with Crippen molar-refractivity contribution in [2.24, 2.45) is 0 Å². The molecule has 3 aromatic carbocycles. The van der Waals surface area contributed by atoms with Gasteiger partial charge in [0.15, 0.2) is 11.5 Å². The minimum absolute atomic E-state index is 0.185. The predicted molar refractivity (Wildman–Crippen MR) is 142 cm³/mol. The van der Waals surface area contributed by atoms with Gasteiger partial charge in [0.05, 0.1) is 32.8 Å². The first-order chi connectivity index (χ1) is 17.4. The molecular formula is C28H30N2O5S. The zero-order valence-corrected chi connectivity index (χ0v) is 21.8. The Hall–Kier alpha value is -3.65. The standard InChI is InChI=1S/C28H30N2O5S/c1-6-35-19-11-9-18(10-12-19)29-27(31)25-21-15-23(33-3)24(34-4)16-22(21)28(32)30(2)26(25)17-7-13-20(36-5)14-8-17/h7-16,25-26H,6H2,1-5H3,(H,29,31)/t25-,26+/m0/s1. The molecule has 0 radical (unpaired) electrons. The van der Waals surface area contributed by atoms with E-state index in [1.165, 1.54) is 14.2 Å². The van der Waals surface area contributed by atoms with Gasteiger partial charge in [0.1, 0.15) is 5.75 Å². The summed E-state index contributed by atoms with van der Waals surface area (Å²) >= 11 is 1.64. The number of carbonyl (C=O) groups excluding carboxylic acids is 2. The number of amides is 2. The van der Waals surface area contributed by atoms with Gasteiger partial charge >= 0.3 is 0 Å². The summed E-state index contributed by atoms with van der Waals surface area (Å²) < 4.78 is 16.5. The third kappa shape index (κ3) is 4.86. The number of likely N-dealkylation sites (N-methyl/N-ethyl adjacent to an activating group) is 1. The summed E-state index contributed by atoms with van der Waals surface area (Å²) in [6, 6.07) is 18.1. The highest BCUT2D eigenvalue weighted by atomic mass is 32.2. The lowest BCUT2D eigenvalue weighted by Gasteiger charge is -2.40. The van der Waals surface area contributed by atoms with Crippen molar-refractivity contribution in [1.82, 2.24) is 4.90 Å². The molecule has 0 saturated heterocycles. The van der Waals surface area contributed by atoms with Crippen LogP contribution in [0, 0.1) is 0 Å². The molecule has 0 aromatic heterocycles. The van der Waals surface area contributed by atoms with Crippen LogP contribution in [0.25, 0.3) is 0 Å². The lowest BCUT2D eigenvalue weighted by atomic mass is 9.79. The first-order valence-corrected chi connectivity index (χ1v) is 12.8. The molecule has 1 N–H and O–H groups in total. The fourth-order valence-corrected chi connectivity index (χ4v) is 4.98. The Morgan fingerprint density at radius 2 is 1.64 bits per heavy atom. The van der Waals surface area contributed by atoms with Gasteiger partial charge in [-0.25, -0.2) is 0 Å². The number of benzene rings is 3. The SMILES string of the molecule is CCOc1ccc(NC(=O)[C@H]2c3cc(OC)c(OC)cc3C(=O)N(C)[C@@H]2c2ccc(SC)cc2)cc1. The summed E-state index contributed by atoms with van der Waals surface area (Å²) in [7, 11) is 4.79. The number of ether oxygens (including phenoxy) is 3. The van der Waals surface area contributed by atoms with Crippen LogP contribution < -0.4 is 19.5 Å². The van der Waals surface area contributed by atoms with Crippen LogP contribution in [-0.4, -0.2) is 50.8 Å². The maximum atomic E-state index is 13.9. The number of nitrogens with zero attached hydrogens (tertiary/aromatic N) is 1. The van der Waals surface area contributed by atoms with Crippen molar-refractivity contribution in [2.45, 2.75) is 23.8 Å². The van der Waals surface area contributed by atoms with Crippen molar-refractivity contribution in [3.8, 4) is 17.2 Å². The van der Waals surface area contributed by atoms with E-state index >= 15 is 0 Å². The van der Waals surface area contributed by atoms with Gasteiger partial charge in [-0.3, -0.25) is 9.59 Å². The molecule has 3 aromatic rings. The molecule has 0 unspecified atom stereocenters. The normalized spacial score (nSPS) is 16.8. The lowest BCUT2D eigenvalue weighted by Crippen LogP contribution is -2.44. The highest BCUT2D eigenvalue weighted by molar-refractivity contribution is 7.98. The first kappa shape index (κ1) is 25.4. The molecule has 1 heterocycles. The van der Waals surface area contributed by atoms with Crippen LogP contribution in [0.5, 0.6) is 17.2 Å². The fourth-order valence-electron chi connectivity index (χ4n) is 4.57. The number of hydrogen-bond acceptors (Lipinski definition) is 6. The maximum absolute atomic E-state index is 13.9. The van der Waals surface area contributed by atoms with E-state index in [0.717, 1.165) is 16.2 Å². The molecule has 1 aliphatic rings. The number of hydrogen-bond donors (Lipinski definition) is 1. The molecule has 2 amide bonds. The highest BCUT2D eigenvalue weighted by Gasteiger charge is 2.43. The largest absolute Gasteiger partial charge is 0.494 e. The topological polar surface area (TPSA) is 77.1 Å². The summed E-state index contributed by atoms with van der Waals surface area (Å²) in [6.45, 7) is 2.48. The number of carbonyl (C=O) groups is 2. The second kappa shape index (κ2) is 11.0. The van der Waals surface area contributed by atoms with Crippen molar-refractivity contribution in [2.75, 3.05) is 39.4 Å². The van der Waals surface area contributed by atoms with Crippen molar-refractivity contribution < 1.29 is 23.8 Å². The van der Waals surface area contributed by atoms with Crippen LogP contribution in [0.3, 0.4) is 0 Å². The molecule has 2 atom stereocenters. The number of methoxy groups -OCH3 is 2. The minimum atomic E-state index is -0.686. The molecule has 1 aliphatic heterocycles.